The molecule has 0 radical (unpaired) electrons. The predicted molar refractivity (Wildman–Crippen MR) is 63.2 cm³/mol. The number of nitrogens with two attached hydrogens (primary N) is 1. The Morgan fingerprint density at radius 2 is 2.11 bits per heavy atom. The van der Waals surface area contributed by atoms with Gasteiger partial charge in [0.2, 0.25) is 0 Å². The molecule has 0 amide bonds. The van der Waals surface area contributed by atoms with Gasteiger partial charge in [0.25, 0.3) is 6.43 Å². The second-order valence-electron chi connectivity index (χ2n) is 3.65. The van der Waals surface area contributed by atoms with E-state index in [4.69, 9.17) is 17.3 Å². The smallest absolute Gasteiger partial charge is 0.282 e. The number of fused-ring (bicyclic) bond motifs is 1. The summed E-state index contributed by atoms with van der Waals surface area (Å²) in [6.45, 7) is 0. The number of hydrogen-bond acceptors (Lipinski definition) is 5. The molecule has 3 aromatic rings. The molecule has 0 aliphatic heterocycles. The Morgan fingerprint density at radius 3 is 2.74 bits per heavy atom. The Bertz CT molecular complexity index is 733. The second kappa shape index (κ2) is 4.12. The van der Waals surface area contributed by atoms with Gasteiger partial charge in [-0.15, -0.1) is 10.2 Å². The summed E-state index contributed by atoms with van der Waals surface area (Å²) < 4.78 is 27.0. The van der Waals surface area contributed by atoms with Crippen LogP contribution >= 0.6 is 11.6 Å². The van der Waals surface area contributed by atoms with Crippen molar-refractivity contribution in [2.75, 3.05) is 5.73 Å². The van der Waals surface area contributed by atoms with Gasteiger partial charge in [-0.25, -0.2) is 8.78 Å². The number of halogens is 3. The molecule has 0 spiro atoms. The molecule has 0 aliphatic carbocycles. The van der Waals surface area contributed by atoms with E-state index in [2.05, 4.69) is 25.5 Å². The number of alkyl halides is 2. The standard InChI is InChI=1S/C9H6ClF2N7/c10-3-1-2-4(15-14-3)19-9-5(8(13)16-17-9)6(18-19)7(11)12/h1-2,7H,(H3,13,16,17). The minimum Gasteiger partial charge on any atom is -0.383 e. The van der Waals surface area contributed by atoms with E-state index in [1.165, 1.54) is 12.1 Å². The number of aromatic amines is 1. The Balaban J connectivity index is 2.27. The van der Waals surface area contributed by atoms with Gasteiger partial charge in [0, 0.05) is 0 Å². The van der Waals surface area contributed by atoms with Crippen LogP contribution in [0.3, 0.4) is 0 Å². The van der Waals surface area contributed by atoms with Gasteiger partial charge in [0.1, 0.15) is 11.5 Å². The summed E-state index contributed by atoms with van der Waals surface area (Å²) in [4.78, 5) is 0. The van der Waals surface area contributed by atoms with Crippen LogP contribution < -0.4 is 5.73 Å². The molecule has 0 fully saturated rings. The number of aromatic nitrogens is 6. The van der Waals surface area contributed by atoms with E-state index >= 15 is 0 Å². The summed E-state index contributed by atoms with van der Waals surface area (Å²) in [5, 5.41) is 17.7. The zero-order chi connectivity index (χ0) is 13.6. The van der Waals surface area contributed by atoms with E-state index in [-0.39, 0.29) is 27.8 Å². The van der Waals surface area contributed by atoms with Crippen LogP contribution in [0.5, 0.6) is 0 Å². The first-order valence-electron chi connectivity index (χ1n) is 5.08. The van der Waals surface area contributed by atoms with Gasteiger partial charge >= 0.3 is 0 Å². The van der Waals surface area contributed by atoms with Crippen molar-refractivity contribution in [3.63, 3.8) is 0 Å². The fourth-order valence-electron chi connectivity index (χ4n) is 1.69. The van der Waals surface area contributed by atoms with Gasteiger partial charge in [-0.3, -0.25) is 5.10 Å². The topological polar surface area (TPSA) is 98.3 Å². The molecule has 10 heteroatoms. The number of anilines is 1. The van der Waals surface area contributed by atoms with E-state index in [0.717, 1.165) is 4.68 Å². The maximum absolute atomic E-state index is 12.9. The van der Waals surface area contributed by atoms with Crippen LogP contribution in [0, 0.1) is 0 Å². The normalized spacial score (nSPS) is 11.6. The van der Waals surface area contributed by atoms with Crippen molar-refractivity contribution in [1.82, 2.24) is 30.2 Å². The molecular weight excluding hydrogens is 280 g/mol. The largest absolute Gasteiger partial charge is 0.383 e. The van der Waals surface area contributed by atoms with Gasteiger partial charge in [0.05, 0.1) is 5.39 Å². The molecule has 98 valence electrons. The van der Waals surface area contributed by atoms with Crippen molar-refractivity contribution in [3.05, 3.63) is 23.0 Å². The second-order valence-corrected chi connectivity index (χ2v) is 4.04. The fourth-order valence-corrected chi connectivity index (χ4v) is 1.79. The average molecular weight is 286 g/mol. The predicted octanol–water partition coefficient (Wildman–Crippen LogP) is 1.71. The summed E-state index contributed by atoms with van der Waals surface area (Å²) >= 11 is 5.61. The van der Waals surface area contributed by atoms with E-state index in [1.807, 2.05) is 0 Å². The van der Waals surface area contributed by atoms with Crippen LogP contribution in [0.2, 0.25) is 5.15 Å². The summed E-state index contributed by atoms with van der Waals surface area (Å²) in [7, 11) is 0. The van der Waals surface area contributed by atoms with Crippen molar-refractivity contribution in [3.8, 4) is 5.82 Å². The molecule has 19 heavy (non-hydrogen) atoms. The van der Waals surface area contributed by atoms with Gasteiger partial charge in [-0.05, 0) is 12.1 Å². The van der Waals surface area contributed by atoms with Crippen molar-refractivity contribution in [2.24, 2.45) is 0 Å². The lowest BCUT2D eigenvalue weighted by Crippen LogP contribution is -2.02. The first-order chi connectivity index (χ1) is 9.08. The van der Waals surface area contributed by atoms with Gasteiger partial charge in [-0.1, -0.05) is 11.6 Å². The first kappa shape index (κ1) is 11.8. The minimum atomic E-state index is -2.77. The molecule has 3 N–H and O–H groups in total. The fraction of sp³-hybridized carbons (Fsp3) is 0.111. The SMILES string of the molecule is Nc1[nH]nc2c1c(C(F)F)nn2-c1ccc(Cl)nn1. The Kier molecular flexibility index (Phi) is 2.56. The van der Waals surface area contributed by atoms with E-state index < -0.39 is 12.1 Å². The maximum Gasteiger partial charge on any atom is 0.282 e. The zero-order valence-electron chi connectivity index (χ0n) is 9.18. The highest BCUT2D eigenvalue weighted by molar-refractivity contribution is 6.29. The molecule has 0 saturated carbocycles. The Hall–Kier alpha value is -2.29. The van der Waals surface area contributed by atoms with E-state index in [0.29, 0.717) is 0 Å². The van der Waals surface area contributed by atoms with Crippen LogP contribution in [-0.4, -0.2) is 30.2 Å². The molecule has 0 aromatic carbocycles. The van der Waals surface area contributed by atoms with Crippen molar-refractivity contribution in [2.45, 2.75) is 6.43 Å². The number of rotatable bonds is 2. The molecule has 0 atom stereocenters. The van der Waals surface area contributed by atoms with Crippen LogP contribution in [0.15, 0.2) is 12.1 Å². The number of nitrogens with one attached hydrogen (secondary N) is 1. The van der Waals surface area contributed by atoms with Crippen LogP contribution in [0.25, 0.3) is 16.9 Å². The van der Waals surface area contributed by atoms with E-state index in [9.17, 15) is 8.78 Å². The molecule has 3 rings (SSSR count). The first-order valence-corrected chi connectivity index (χ1v) is 5.46. The monoisotopic (exact) mass is 285 g/mol. The van der Waals surface area contributed by atoms with Crippen molar-refractivity contribution >= 4 is 28.5 Å². The van der Waals surface area contributed by atoms with Gasteiger partial charge in [-0.2, -0.15) is 14.9 Å². The number of nitrogen functional groups attached to an aromatic ring is 1. The quantitative estimate of drug-likeness (QED) is 0.747. The highest BCUT2D eigenvalue weighted by atomic mass is 35.5. The van der Waals surface area contributed by atoms with Crippen molar-refractivity contribution in [1.29, 1.82) is 0 Å². The number of nitrogens with zero attached hydrogens (tertiary/aromatic N) is 5. The third-order valence-electron chi connectivity index (χ3n) is 2.48. The Labute approximate surface area is 109 Å². The summed E-state index contributed by atoms with van der Waals surface area (Å²) in [5.41, 5.74) is 5.27. The highest BCUT2D eigenvalue weighted by Gasteiger charge is 2.24. The molecule has 0 aliphatic rings. The maximum atomic E-state index is 12.9. The highest BCUT2D eigenvalue weighted by Crippen LogP contribution is 2.30. The molecule has 0 unspecified atom stereocenters. The van der Waals surface area contributed by atoms with Crippen LogP contribution in [0.1, 0.15) is 12.1 Å². The molecule has 3 heterocycles. The van der Waals surface area contributed by atoms with E-state index in [1.54, 1.807) is 0 Å². The molecule has 7 nitrogen and oxygen atoms in total. The third-order valence-corrected chi connectivity index (χ3v) is 2.68. The van der Waals surface area contributed by atoms with Crippen molar-refractivity contribution < 1.29 is 8.78 Å². The zero-order valence-corrected chi connectivity index (χ0v) is 9.94. The van der Waals surface area contributed by atoms with Crippen LogP contribution in [0.4, 0.5) is 14.6 Å². The molecule has 0 bridgehead atoms. The lowest BCUT2D eigenvalue weighted by molar-refractivity contribution is 0.147. The van der Waals surface area contributed by atoms with Crippen LogP contribution in [-0.2, 0) is 0 Å². The number of H-pyrrole nitrogens is 1. The number of hydrogen-bond donors (Lipinski definition) is 2. The van der Waals surface area contributed by atoms with Gasteiger partial charge in [0.15, 0.2) is 16.6 Å². The van der Waals surface area contributed by atoms with Gasteiger partial charge < -0.3 is 5.73 Å². The Morgan fingerprint density at radius 1 is 1.32 bits per heavy atom. The minimum absolute atomic E-state index is 0.0264. The third kappa shape index (κ3) is 1.78. The molecule has 0 saturated heterocycles. The lowest BCUT2D eigenvalue weighted by Gasteiger charge is -1.99. The summed E-state index contributed by atoms with van der Waals surface area (Å²) in [6, 6.07) is 2.96. The molecular formula is C9H6ClF2N7. The summed E-state index contributed by atoms with van der Waals surface area (Å²) in [5.74, 6) is 0.242. The molecule has 3 aromatic heterocycles. The lowest BCUT2D eigenvalue weighted by atomic mass is 10.3. The average Bonchev–Trinajstić information content (AvgIpc) is 2.92. The summed E-state index contributed by atoms with van der Waals surface area (Å²) in [6.07, 6.45) is -2.77.